The van der Waals surface area contributed by atoms with E-state index in [9.17, 15) is 14.4 Å². The zero-order valence-corrected chi connectivity index (χ0v) is 32.5. The highest BCUT2D eigenvalue weighted by atomic mass is 16.5. The van der Waals surface area contributed by atoms with Crippen LogP contribution < -0.4 is 0 Å². The Hall–Kier alpha value is -1.67. The van der Waals surface area contributed by atoms with Crippen LogP contribution in [0.3, 0.4) is 0 Å². The minimum atomic E-state index is -0.954. The van der Waals surface area contributed by atoms with E-state index in [2.05, 4.69) is 20.8 Å². The van der Waals surface area contributed by atoms with Gasteiger partial charge in [-0.25, -0.2) is 0 Å². The second kappa shape index (κ2) is 46.3. The molecule has 0 heterocycles. The van der Waals surface area contributed by atoms with Gasteiger partial charge in [-0.2, -0.15) is 0 Å². The monoisotopic (exact) mass is 703 g/mol. The molecule has 0 aromatic heterocycles. The lowest BCUT2D eigenvalue weighted by Crippen LogP contribution is -2.21. The van der Waals surface area contributed by atoms with Crippen LogP contribution in [0.1, 0.15) is 226 Å². The van der Waals surface area contributed by atoms with E-state index < -0.39 is 18.0 Å². The van der Waals surface area contributed by atoms with Crippen molar-refractivity contribution in [1.82, 2.24) is 0 Å². The van der Waals surface area contributed by atoms with Crippen molar-refractivity contribution in [3.8, 4) is 0 Å². The van der Waals surface area contributed by atoms with Crippen molar-refractivity contribution in [2.75, 3.05) is 13.2 Å². The normalized spacial score (nSPS) is 11.2. The van der Waals surface area contributed by atoms with Gasteiger partial charge in [-0.15, -0.1) is 0 Å². The lowest BCUT2D eigenvalue weighted by atomic mass is 10.0. The predicted molar refractivity (Wildman–Crippen MR) is 204 cm³/mol. The van der Waals surface area contributed by atoms with Crippen LogP contribution in [-0.2, 0) is 19.1 Å². The van der Waals surface area contributed by atoms with Crippen LogP contribution in [0.2, 0.25) is 0 Å². The molecule has 4 N–H and O–H groups in total. The fourth-order valence-electron chi connectivity index (χ4n) is 5.42. The molecule has 0 spiro atoms. The average Bonchev–Trinajstić information content (AvgIpc) is 3.08. The molecule has 0 aliphatic heterocycles. The van der Waals surface area contributed by atoms with Crippen molar-refractivity contribution < 1.29 is 39.5 Å². The highest BCUT2D eigenvalue weighted by Crippen LogP contribution is 2.14. The van der Waals surface area contributed by atoms with E-state index in [0.29, 0.717) is 19.3 Å². The topological polar surface area (TPSA) is 141 Å². The number of carboxylic acid groups (broad SMARTS) is 2. The maximum absolute atomic E-state index is 11.4. The van der Waals surface area contributed by atoms with Gasteiger partial charge in [0.15, 0.2) is 0 Å². The van der Waals surface area contributed by atoms with E-state index in [0.717, 1.165) is 38.5 Å². The van der Waals surface area contributed by atoms with Crippen LogP contribution in [0, 0.1) is 0 Å². The summed E-state index contributed by atoms with van der Waals surface area (Å²) in [7, 11) is 0. The van der Waals surface area contributed by atoms with Gasteiger partial charge in [0, 0.05) is 19.3 Å². The molecule has 0 saturated heterocycles. The standard InChI is InChI=1S/C21H42O4.2C10H20O2/c1-2-3-4-5-6-7-8-9-10-11-12-13-14-15-16-17-21(24)25-19-20(23)18-22;2*1-2-3-4-5-6-7-8-9-10(11)12/h20,22-23H,2-19H2,1H3;2*2-9H2,1H3,(H,11,12). The number of aliphatic hydroxyl groups is 2. The summed E-state index contributed by atoms with van der Waals surface area (Å²) in [5.41, 5.74) is 0. The van der Waals surface area contributed by atoms with Crippen molar-refractivity contribution in [3.05, 3.63) is 0 Å². The summed E-state index contributed by atoms with van der Waals surface area (Å²) in [6.45, 7) is 6.19. The van der Waals surface area contributed by atoms with Crippen molar-refractivity contribution in [1.29, 1.82) is 0 Å². The van der Waals surface area contributed by atoms with E-state index in [1.165, 1.54) is 148 Å². The van der Waals surface area contributed by atoms with Gasteiger partial charge in [-0.05, 0) is 19.3 Å². The first kappa shape index (κ1) is 51.7. The molecule has 0 aliphatic carbocycles. The van der Waals surface area contributed by atoms with Crippen LogP contribution in [0.5, 0.6) is 0 Å². The van der Waals surface area contributed by atoms with E-state index in [-0.39, 0.29) is 19.2 Å². The first-order chi connectivity index (χ1) is 23.7. The molecule has 0 aliphatic rings. The summed E-state index contributed by atoms with van der Waals surface area (Å²) in [6.07, 6.45) is 36.3. The molecule has 0 saturated carbocycles. The van der Waals surface area contributed by atoms with Gasteiger partial charge in [0.2, 0.25) is 0 Å². The molecule has 0 amide bonds. The van der Waals surface area contributed by atoms with E-state index in [4.69, 9.17) is 25.2 Å². The summed E-state index contributed by atoms with van der Waals surface area (Å²) in [5.74, 6) is -1.60. The van der Waals surface area contributed by atoms with E-state index >= 15 is 0 Å². The fraction of sp³-hybridized carbons (Fsp3) is 0.927. The Labute approximate surface area is 302 Å². The molecule has 1 unspecified atom stereocenters. The zero-order valence-electron chi connectivity index (χ0n) is 32.5. The second-order valence-electron chi connectivity index (χ2n) is 13.7. The fourth-order valence-corrected chi connectivity index (χ4v) is 5.42. The number of hydrogen-bond donors (Lipinski definition) is 4. The summed E-state index contributed by atoms with van der Waals surface area (Å²) in [4.78, 5) is 31.7. The van der Waals surface area contributed by atoms with Crippen molar-refractivity contribution in [2.45, 2.75) is 232 Å². The number of aliphatic hydroxyl groups excluding tert-OH is 2. The van der Waals surface area contributed by atoms with Crippen molar-refractivity contribution in [3.63, 3.8) is 0 Å². The Morgan fingerprint density at radius 1 is 0.429 bits per heavy atom. The third-order valence-electron chi connectivity index (χ3n) is 8.62. The molecule has 0 radical (unpaired) electrons. The van der Waals surface area contributed by atoms with E-state index in [1.54, 1.807) is 0 Å². The number of carbonyl (C=O) groups is 3. The molecular weight excluding hydrogens is 620 g/mol. The maximum Gasteiger partial charge on any atom is 0.305 e. The zero-order chi connectivity index (χ0) is 37.1. The number of hydrogen-bond acceptors (Lipinski definition) is 6. The Morgan fingerprint density at radius 2 is 0.673 bits per heavy atom. The van der Waals surface area contributed by atoms with Gasteiger partial charge in [-0.3, -0.25) is 14.4 Å². The van der Waals surface area contributed by atoms with Gasteiger partial charge in [-0.1, -0.05) is 188 Å². The van der Waals surface area contributed by atoms with Gasteiger partial charge in [0.1, 0.15) is 12.7 Å². The van der Waals surface area contributed by atoms with Gasteiger partial charge in [0.25, 0.3) is 0 Å². The highest BCUT2D eigenvalue weighted by molar-refractivity contribution is 5.69. The number of unbranched alkanes of at least 4 members (excludes halogenated alkanes) is 26. The summed E-state index contributed by atoms with van der Waals surface area (Å²) in [5, 5.41) is 34.4. The van der Waals surface area contributed by atoms with Gasteiger partial charge >= 0.3 is 17.9 Å². The number of carboxylic acids is 2. The van der Waals surface area contributed by atoms with Crippen molar-refractivity contribution in [2.24, 2.45) is 0 Å². The number of carbonyl (C=O) groups excluding carboxylic acids is 1. The Bertz CT molecular complexity index is 642. The lowest BCUT2D eigenvalue weighted by Gasteiger charge is -2.08. The SMILES string of the molecule is CCCCCCCCCC(=O)O.CCCCCCCCCC(=O)O.CCCCCCCCCCCCCCCCCC(=O)OCC(O)CO. The molecule has 294 valence electrons. The molecule has 49 heavy (non-hydrogen) atoms. The minimum Gasteiger partial charge on any atom is -0.481 e. The number of ether oxygens (including phenoxy) is 1. The van der Waals surface area contributed by atoms with Crippen LogP contribution in [0.25, 0.3) is 0 Å². The number of rotatable bonds is 35. The average molecular weight is 703 g/mol. The molecule has 0 rings (SSSR count). The summed E-state index contributed by atoms with van der Waals surface area (Å²) >= 11 is 0. The molecule has 0 bridgehead atoms. The molecule has 0 aromatic carbocycles. The quantitative estimate of drug-likeness (QED) is 0.0377. The smallest absolute Gasteiger partial charge is 0.305 e. The van der Waals surface area contributed by atoms with Gasteiger partial charge in [0.05, 0.1) is 6.61 Å². The Kier molecular flexibility index (Phi) is 48.9. The lowest BCUT2D eigenvalue weighted by molar-refractivity contribution is -0.147. The van der Waals surface area contributed by atoms with Gasteiger partial charge < -0.3 is 25.2 Å². The molecule has 8 nitrogen and oxygen atoms in total. The first-order valence-corrected chi connectivity index (χ1v) is 20.6. The third-order valence-corrected chi connectivity index (χ3v) is 8.62. The number of esters is 1. The van der Waals surface area contributed by atoms with Crippen LogP contribution in [0.4, 0.5) is 0 Å². The van der Waals surface area contributed by atoms with Crippen LogP contribution in [-0.4, -0.2) is 57.7 Å². The maximum atomic E-state index is 11.4. The van der Waals surface area contributed by atoms with E-state index in [1.807, 2.05) is 0 Å². The molecule has 0 fully saturated rings. The molecule has 0 aromatic rings. The largest absolute Gasteiger partial charge is 0.481 e. The highest BCUT2D eigenvalue weighted by Gasteiger charge is 2.07. The molecule has 1 atom stereocenters. The summed E-state index contributed by atoms with van der Waals surface area (Å²) in [6, 6.07) is 0. The third kappa shape index (κ3) is 56.0. The predicted octanol–water partition coefficient (Wildman–Crippen LogP) is 11.6. The van der Waals surface area contributed by atoms with Crippen molar-refractivity contribution >= 4 is 17.9 Å². The Morgan fingerprint density at radius 3 is 0.918 bits per heavy atom. The molecular formula is C41H82O8. The minimum absolute atomic E-state index is 0.103. The molecule has 8 heteroatoms. The second-order valence-corrected chi connectivity index (χ2v) is 13.7. The van der Waals surface area contributed by atoms with Crippen LogP contribution in [0.15, 0.2) is 0 Å². The first-order valence-electron chi connectivity index (χ1n) is 20.6. The Balaban J connectivity index is -0.000000734. The summed E-state index contributed by atoms with van der Waals surface area (Å²) < 4.78 is 4.86. The van der Waals surface area contributed by atoms with Crippen LogP contribution >= 0.6 is 0 Å². The number of aliphatic carboxylic acids is 2.